The van der Waals surface area contributed by atoms with Crippen LogP contribution in [0.4, 0.5) is 21.5 Å². The second-order valence-electron chi connectivity index (χ2n) is 8.98. The molecule has 1 aliphatic heterocycles. The smallest absolute Gasteiger partial charge is 0.163 e. The van der Waals surface area contributed by atoms with Gasteiger partial charge in [-0.25, -0.2) is 4.39 Å². The predicted octanol–water partition coefficient (Wildman–Crippen LogP) is 6.65. The van der Waals surface area contributed by atoms with Crippen molar-refractivity contribution in [1.29, 1.82) is 0 Å². The van der Waals surface area contributed by atoms with Crippen LogP contribution in [0.2, 0.25) is 0 Å². The van der Waals surface area contributed by atoms with Gasteiger partial charge in [0.15, 0.2) is 5.78 Å². The lowest BCUT2D eigenvalue weighted by molar-refractivity contribution is -0.116. The number of benzene rings is 3. The van der Waals surface area contributed by atoms with Gasteiger partial charge >= 0.3 is 0 Å². The number of nitrogens with one attached hydrogen (secondary N) is 2. The number of para-hydroxylation sites is 2. The number of hydrogen-bond acceptors (Lipinski definition) is 4. The molecule has 2 atom stereocenters. The van der Waals surface area contributed by atoms with Gasteiger partial charge in [0, 0.05) is 36.5 Å². The Kier molecular flexibility index (Phi) is 6.10. The first-order chi connectivity index (χ1) is 16.6. The Bertz CT molecular complexity index is 1210. The van der Waals surface area contributed by atoms with Crippen molar-refractivity contribution in [2.75, 3.05) is 28.6 Å². The topological polar surface area (TPSA) is 44.4 Å². The average Bonchev–Trinajstić information content (AvgIpc) is 3.02. The molecule has 0 spiro atoms. The third-order valence-corrected chi connectivity index (χ3v) is 7.01. The lowest BCUT2D eigenvalue weighted by Crippen LogP contribution is -2.27. The summed E-state index contributed by atoms with van der Waals surface area (Å²) in [6.07, 6.45) is 1.21. The van der Waals surface area contributed by atoms with Crippen molar-refractivity contribution in [1.82, 2.24) is 0 Å². The second kappa shape index (κ2) is 9.34. The van der Waals surface area contributed by atoms with E-state index in [0.29, 0.717) is 6.42 Å². The Hall–Kier alpha value is -3.60. The van der Waals surface area contributed by atoms with Crippen molar-refractivity contribution in [2.45, 2.75) is 38.6 Å². The Morgan fingerprint density at radius 2 is 1.50 bits per heavy atom. The third kappa shape index (κ3) is 4.18. The number of halogens is 1. The predicted molar refractivity (Wildman–Crippen MR) is 137 cm³/mol. The van der Waals surface area contributed by atoms with Gasteiger partial charge in [-0.2, -0.15) is 0 Å². The molecule has 0 bridgehead atoms. The summed E-state index contributed by atoms with van der Waals surface area (Å²) in [4.78, 5) is 15.9. The molecule has 0 saturated heterocycles. The number of rotatable bonds is 5. The minimum Gasteiger partial charge on any atom is -0.372 e. The van der Waals surface area contributed by atoms with E-state index in [1.807, 2.05) is 24.3 Å². The molecular weight excluding hydrogens is 425 g/mol. The summed E-state index contributed by atoms with van der Waals surface area (Å²) in [6, 6.07) is 22.7. The molecular formula is C29H30FN3O. The minimum absolute atomic E-state index is 0.114. The summed E-state index contributed by atoms with van der Waals surface area (Å²) < 4.78 is 13.6. The molecule has 0 amide bonds. The molecule has 3 aromatic rings. The van der Waals surface area contributed by atoms with Crippen molar-refractivity contribution in [2.24, 2.45) is 0 Å². The summed E-state index contributed by atoms with van der Waals surface area (Å²) in [5, 5.41) is 7.11. The number of fused-ring (bicyclic) bond motifs is 1. The normalized spacial score (nSPS) is 19.4. The van der Waals surface area contributed by atoms with Gasteiger partial charge in [-0.3, -0.25) is 4.79 Å². The van der Waals surface area contributed by atoms with E-state index in [9.17, 15) is 9.18 Å². The highest BCUT2D eigenvalue weighted by atomic mass is 19.1. The summed E-state index contributed by atoms with van der Waals surface area (Å²) in [5.41, 5.74) is 6.84. The maximum atomic E-state index is 13.6. The molecule has 1 heterocycles. The first-order valence-electron chi connectivity index (χ1n) is 12.1. The second-order valence-corrected chi connectivity index (χ2v) is 8.98. The molecule has 1 aliphatic carbocycles. The Morgan fingerprint density at radius 3 is 2.18 bits per heavy atom. The number of allylic oxidation sites excluding steroid dienone is 1. The van der Waals surface area contributed by atoms with Gasteiger partial charge in [-0.15, -0.1) is 0 Å². The molecule has 2 N–H and O–H groups in total. The van der Waals surface area contributed by atoms with Gasteiger partial charge < -0.3 is 15.5 Å². The van der Waals surface area contributed by atoms with Crippen LogP contribution in [0.1, 0.15) is 49.8 Å². The van der Waals surface area contributed by atoms with Gasteiger partial charge in [0.05, 0.1) is 17.4 Å². The van der Waals surface area contributed by atoms with Gasteiger partial charge in [0.25, 0.3) is 0 Å². The zero-order valence-electron chi connectivity index (χ0n) is 19.6. The standard InChI is InChI=1S/C29H30FN3O/c1-3-33(4-2)23-15-11-19(12-16-23)21-17-26-28(27(34)18-21)29(20-9-13-22(30)14-10-20)32-25-8-6-5-7-24(25)31-26/h5-16,21,29,31-32H,3-4,17-18H2,1-2H3/t21-,29+/m1/s1. The van der Waals surface area contributed by atoms with Crippen molar-refractivity contribution in [3.63, 3.8) is 0 Å². The number of nitrogens with zero attached hydrogens (tertiary/aromatic N) is 1. The first-order valence-corrected chi connectivity index (χ1v) is 12.1. The number of anilines is 3. The van der Waals surface area contributed by atoms with E-state index in [1.165, 1.54) is 23.4 Å². The van der Waals surface area contributed by atoms with Crippen LogP contribution in [0.3, 0.4) is 0 Å². The van der Waals surface area contributed by atoms with E-state index < -0.39 is 0 Å². The maximum Gasteiger partial charge on any atom is 0.163 e. The molecule has 3 aromatic carbocycles. The van der Waals surface area contributed by atoms with Gasteiger partial charge in [0.2, 0.25) is 0 Å². The fourth-order valence-corrected chi connectivity index (χ4v) is 5.18. The van der Waals surface area contributed by atoms with Crippen LogP contribution >= 0.6 is 0 Å². The molecule has 34 heavy (non-hydrogen) atoms. The quantitative estimate of drug-likeness (QED) is 0.452. The van der Waals surface area contributed by atoms with E-state index in [-0.39, 0.29) is 23.6 Å². The van der Waals surface area contributed by atoms with Gasteiger partial charge in [0.1, 0.15) is 5.82 Å². The number of hydrogen-bond donors (Lipinski definition) is 2. The van der Waals surface area contributed by atoms with Crippen LogP contribution in [-0.2, 0) is 4.79 Å². The minimum atomic E-state index is -0.328. The van der Waals surface area contributed by atoms with Crippen LogP contribution in [-0.4, -0.2) is 18.9 Å². The third-order valence-electron chi connectivity index (χ3n) is 7.01. The van der Waals surface area contributed by atoms with E-state index in [2.05, 4.69) is 53.6 Å². The van der Waals surface area contributed by atoms with Crippen LogP contribution in [0.15, 0.2) is 84.1 Å². The monoisotopic (exact) mass is 455 g/mol. The largest absolute Gasteiger partial charge is 0.372 e. The maximum absolute atomic E-state index is 13.6. The number of Topliss-reactive ketones (excluding diaryl/α,β-unsaturated/α-hetero) is 1. The zero-order chi connectivity index (χ0) is 23.7. The van der Waals surface area contributed by atoms with E-state index >= 15 is 0 Å². The Labute approximate surface area is 200 Å². The molecule has 5 rings (SSSR count). The molecule has 4 nitrogen and oxygen atoms in total. The summed E-state index contributed by atoms with van der Waals surface area (Å²) in [5.74, 6) is -0.0434. The SMILES string of the molecule is CCN(CC)c1ccc([C@H]2CC(=O)C3=C(C2)Nc2ccccc2N[C@H]3c2ccc(F)cc2)cc1. The fourth-order valence-electron chi connectivity index (χ4n) is 5.18. The lowest BCUT2D eigenvalue weighted by atomic mass is 9.78. The Morgan fingerprint density at radius 1 is 0.853 bits per heavy atom. The van der Waals surface area contributed by atoms with Crippen LogP contribution in [0.25, 0.3) is 0 Å². The molecule has 0 aromatic heterocycles. The molecule has 0 unspecified atom stereocenters. The number of carbonyl (C=O) groups is 1. The highest BCUT2D eigenvalue weighted by Gasteiger charge is 2.36. The molecule has 5 heteroatoms. The summed E-state index contributed by atoms with van der Waals surface area (Å²) in [6.45, 7) is 6.25. The van der Waals surface area contributed by atoms with Crippen LogP contribution < -0.4 is 15.5 Å². The Balaban J connectivity index is 1.51. The highest BCUT2D eigenvalue weighted by Crippen LogP contribution is 2.44. The van der Waals surface area contributed by atoms with Crippen molar-refractivity contribution < 1.29 is 9.18 Å². The van der Waals surface area contributed by atoms with E-state index in [0.717, 1.165) is 47.7 Å². The molecule has 174 valence electrons. The molecule has 2 aliphatic rings. The lowest BCUT2D eigenvalue weighted by Gasteiger charge is -2.30. The number of ketones is 1. The van der Waals surface area contributed by atoms with Gasteiger partial charge in [-0.05, 0) is 73.7 Å². The van der Waals surface area contributed by atoms with Crippen LogP contribution in [0.5, 0.6) is 0 Å². The van der Waals surface area contributed by atoms with Crippen molar-refractivity contribution >= 4 is 22.8 Å². The molecule has 0 radical (unpaired) electrons. The van der Waals surface area contributed by atoms with E-state index in [1.54, 1.807) is 12.1 Å². The first kappa shape index (κ1) is 22.2. The van der Waals surface area contributed by atoms with Crippen molar-refractivity contribution in [3.8, 4) is 0 Å². The highest BCUT2D eigenvalue weighted by molar-refractivity contribution is 6.01. The molecule has 0 fully saturated rings. The fraction of sp³-hybridized carbons (Fsp3) is 0.276. The van der Waals surface area contributed by atoms with E-state index in [4.69, 9.17) is 0 Å². The summed E-state index contributed by atoms with van der Waals surface area (Å²) in [7, 11) is 0. The average molecular weight is 456 g/mol. The zero-order valence-corrected chi connectivity index (χ0v) is 19.6. The van der Waals surface area contributed by atoms with Crippen molar-refractivity contribution in [3.05, 3.63) is 101 Å². The summed E-state index contributed by atoms with van der Waals surface area (Å²) >= 11 is 0. The number of carbonyl (C=O) groups excluding carboxylic acids is 1. The molecule has 0 saturated carbocycles. The van der Waals surface area contributed by atoms with Crippen LogP contribution in [0, 0.1) is 5.82 Å². The van der Waals surface area contributed by atoms with Gasteiger partial charge in [-0.1, -0.05) is 36.4 Å².